The van der Waals surface area contributed by atoms with Crippen LogP contribution < -0.4 is 5.32 Å². The summed E-state index contributed by atoms with van der Waals surface area (Å²) < 4.78 is 1.67. The molecule has 1 N–H and O–H groups in total. The summed E-state index contributed by atoms with van der Waals surface area (Å²) >= 11 is 12.4. The fourth-order valence-electron chi connectivity index (χ4n) is 2.18. The van der Waals surface area contributed by atoms with E-state index in [9.17, 15) is 4.79 Å². The molecule has 4 nitrogen and oxygen atoms in total. The van der Waals surface area contributed by atoms with Crippen molar-refractivity contribution in [2.75, 3.05) is 0 Å². The molecule has 118 valence electrons. The van der Waals surface area contributed by atoms with Crippen LogP contribution in [-0.4, -0.2) is 15.7 Å². The first-order valence-electron chi connectivity index (χ1n) is 7.14. The number of carbonyl (C=O) groups excluding carboxylic acids is 1. The van der Waals surface area contributed by atoms with E-state index in [1.165, 1.54) is 0 Å². The van der Waals surface area contributed by atoms with Gasteiger partial charge in [-0.15, -0.1) is 0 Å². The molecule has 0 radical (unpaired) electrons. The van der Waals surface area contributed by atoms with Gasteiger partial charge in [0.25, 0.3) is 5.91 Å². The third-order valence-corrected chi connectivity index (χ3v) is 3.98. The highest BCUT2D eigenvalue weighted by atomic mass is 35.5. The first-order chi connectivity index (χ1) is 10.4. The lowest BCUT2D eigenvalue weighted by molar-refractivity contribution is 0.0950. The van der Waals surface area contributed by atoms with Crippen molar-refractivity contribution in [1.82, 2.24) is 15.1 Å². The molecule has 1 amide bonds. The van der Waals surface area contributed by atoms with Gasteiger partial charge in [-0.2, -0.15) is 5.10 Å². The summed E-state index contributed by atoms with van der Waals surface area (Å²) in [5.74, 6) is 0.160. The van der Waals surface area contributed by atoms with Gasteiger partial charge in [-0.05, 0) is 24.5 Å². The molecule has 1 aromatic heterocycles. The molecule has 2 aromatic rings. The Morgan fingerprint density at radius 2 is 2.00 bits per heavy atom. The molecule has 0 unspecified atom stereocenters. The van der Waals surface area contributed by atoms with E-state index >= 15 is 0 Å². The van der Waals surface area contributed by atoms with Gasteiger partial charge in [0.05, 0.1) is 11.3 Å². The lowest BCUT2D eigenvalue weighted by Gasteiger charge is -2.08. The molecule has 2 rings (SSSR count). The quantitative estimate of drug-likeness (QED) is 0.891. The zero-order valence-electron chi connectivity index (χ0n) is 12.9. The van der Waals surface area contributed by atoms with Crippen LogP contribution in [-0.2, 0) is 13.1 Å². The van der Waals surface area contributed by atoms with Gasteiger partial charge in [-0.1, -0.05) is 55.2 Å². The van der Waals surface area contributed by atoms with E-state index < -0.39 is 0 Å². The summed E-state index contributed by atoms with van der Waals surface area (Å²) in [6.07, 6.45) is 0. The summed E-state index contributed by atoms with van der Waals surface area (Å²) in [6.45, 7) is 6.96. The Kier molecular flexibility index (Phi) is 5.48. The maximum atomic E-state index is 12.4. The van der Waals surface area contributed by atoms with Crippen molar-refractivity contribution in [2.45, 2.75) is 33.9 Å². The fraction of sp³-hybridized carbons (Fsp3) is 0.375. The Morgan fingerprint density at radius 1 is 1.32 bits per heavy atom. The molecule has 6 heteroatoms. The number of hydrogen-bond donors (Lipinski definition) is 1. The van der Waals surface area contributed by atoms with Gasteiger partial charge in [0.1, 0.15) is 5.15 Å². The van der Waals surface area contributed by atoms with E-state index in [-0.39, 0.29) is 5.91 Å². The molecule has 1 aromatic carbocycles. The van der Waals surface area contributed by atoms with Crippen LogP contribution in [0.2, 0.25) is 10.2 Å². The van der Waals surface area contributed by atoms with Crippen LogP contribution >= 0.6 is 23.2 Å². The third-order valence-electron chi connectivity index (χ3n) is 3.23. The number of rotatable bonds is 5. The molecule has 0 saturated carbocycles. The summed E-state index contributed by atoms with van der Waals surface area (Å²) in [6, 6.07) is 7.40. The standard InChI is InChI=1S/C16H19Cl2N3O/c1-10(2)9-21-15(18)14(11(3)20-21)16(22)19-8-12-6-4-5-7-13(12)17/h4-7,10H,8-9H2,1-3H3,(H,19,22). The molecule has 0 aliphatic carbocycles. The number of nitrogens with zero attached hydrogens (tertiary/aromatic N) is 2. The second-order valence-electron chi connectivity index (χ2n) is 5.60. The molecular formula is C16H19Cl2N3O. The average molecular weight is 340 g/mol. The summed E-state index contributed by atoms with van der Waals surface area (Å²) in [5, 5.41) is 8.19. The SMILES string of the molecule is Cc1nn(CC(C)C)c(Cl)c1C(=O)NCc1ccccc1Cl. The number of halogens is 2. The first-order valence-corrected chi connectivity index (χ1v) is 7.90. The number of nitrogens with one attached hydrogen (secondary N) is 1. The van der Waals surface area contributed by atoms with Crippen molar-refractivity contribution in [3.05, 3.63) is 51.3 Å². The predicted molar refractivity (Wildman–Crippen MR) is 89.4 cm³/mol. The van der Waals surface area contributed by atoms with Crippen molar-refractivity contribution < 1.29 is 4.79 Å². The lowest BCUT2D eigenvalue weighted by atomic mass is 10.2. The Hall–Kier alpha value is -1.52. The van der Waals surface area contributed by atoms with Gasteiger partial charge in [0.2, 0.25) is 0 Å². The minimum atomic E-state index is -0.238. The van der Waals surface area contributed by atoms with E-state index in [2.05, 4.69) is 24.3 Å². The fourth-order valence-corrected chi connectivity index (χ4v) is 2.72. The first kappa shape index (κ1) is 16.8. The van der Waals surface area contributed by atoms with Crippen molar-refractivity contribution in [1.29, 1.82) is 0 Å². The van der Waals surface area contributed by atoms with Crippen LogP contribution in [0.5, 0.6) is 0 Å². The van der Waals surface area contributed by atoms with Gasteiger partial charge in [-0.25, -0.2) is 0 Å². The van der Waals surface area contributed by atoms with Crippen LogP contribution in [0.4, 0.5) is 0 Å². The van der Waals surface area contributed by atoms with Crippen molar-refractivity contribution >= 4 is 29.1 Å². The normalized spacial score (nSPS) is 11.0. The Morgan fingerprint density at radius 3 is 2.64 bits per heavy atom. The number of amides is 1. The molecule has 0 aliphatic heterocycles. The number of aromatic nitrogens is 2. The summed E-state index contributed by atoms with van der Waals surface area (Å²) in [4.78, 5) is 12.4. The van der Waals surface area contributed by atoms with Gasteiger partial charge in [-0.3, -0.25) is 9.48 Å². The zero-order valence-corrected chi connectivity index (χ0v) is 14.4. The molecule has 22 heavy (non-hydrogen) atoms. The monoisotopic (exact) mass is 339 g/mol. The molecule has 0 spiro atoms. The molecule has 0 aliphatic rings. The van der Waals surface area contributed by atoms with Crippen LogP contribution in [0.1, 0.15) is 35.5 Å². The van der Waals surface area contributed by atoms with E-state index in [4.69, 9.17) is 23.2 Å². The number of aryl methyl sites for hydroxylation is 1. The largest absolute Gasteiger partial charge is 0.348 e. The Labute approximate surface area is 140 Å². The second kappa shape index (κ2) is 7.16. The van der Waals surface area contributed by atoms with Crippen LogP contribution in [0.25, 0.3) is 0 Å². The van der Waals surface area contributed by atoms with E-state index in [1.54, 1.807) is 17.7 Å². The van der Waals surface area contributed by atoms with Crippen LogP contribution in [0, 0.1) is 12.8 Å². The van der Waals surface area contributed by atoms with E-state index in [0.29, 0.717) is 40.4 Å². The molecule has 0 atom stereocenters. The maximum Gasteiger partial charge on any atom is 0.256 e. The minimum Gasteiger partial charge on any atom is -0.348 e. The van der Waals surface area contributed by atoms with Crippen molar-refractivity contribution in [3.8, 4) is 0 Å². The molecule has 1 heterocycles. The number of hydrogen-bond acceptors (Lipinski definition) is 2. The zero-order chi connectivity index (χ0) is 16.3. The average Bonchev–Trinajstić information content (AvgIpc) is 2.71. The van der Waals surface area contributed by atoms with E-state index in [0.717, 1.165) is 5.56 Å². The summed E-state index contributed by atoms with van der Waals surface area (Å²) in [5.41, 5.74) is 1.91. The van der Waals surface area contributed by atoms with Crippen LogP contribution in [0.3, 0.4) is 0 Å². The molecule has 0 bridgehead atoms. The summed E-state index contributed by atoms with van der Waals surface area (Å²) in [7, 11) is 0. The Balaban J connectivity index is 2.13. The molecular weight excluding hydrogens is 321 g/mol. The number of carbonyl (C=O) groups is 1. The highest BCUT2D eigenvalue weighted by Crippen LogP contribution is 2.21. The topological polar surface area (TPSA) is 46.9 Å². The molecule has 0 saturated heterocycles. The van der Waals surface area contributed by atoms with Crippen molar-refractivity contribution in [3.63, 3.8) is 0 Å². The predicted octanol–water partition coefficient (Wildman–Crippen LogP) is 4.08. The number of benzene rings is 1. The van der Waals surface area contributed by atoms with E-state index in [1.807, 2.05) is 18.2 Å². The lowest BCUT2D eigenvalue weighted by Crippen LogP contribution is -2.23. The maximum absolute atomic E-state index is 12.4. The van der Waals surface area contributed by atoms with Crippen LogP contribution in [0.15, 0.2) is 24.3 Å². The second-order valence-corrected chi connectivity index (χ2v) is 6.37. The third kappa shape index (κ3) is 3.81. The van der Waals surface area contributed by atoms with Gasteiger partial charge < -0.3 is 5.32 Å². The Bertz CT molecular complexity index is 680. The molecule has 0 fully saturated rings. The van der Waals surface area contributed by atoms with Gasteiger partial charge in [0.15, 0.2) is 0 Å². The van der Waals surface area contributed by atoms with Crippen molar-refractivity contribution in [2.24, 2.45) is 5.92 Å². The highest BCUT2D eigenvalue weighted by Gasteiger charge is 2.20. The van der Waals surface area contributed by atoms with Gasteiger partial charge in [0, 0.05) is 18.1 Å². The van der Waals surface area contributed by atoms with Gasteiger partial charge >= 0.3 is 0 Å². The minimum absolute atomic E-state index is 0.238. The highest BCUT2D eigenvalue weighted by molar-refractivity contribution is 6.33. The smallest absolute Gasteiger partial charge is 0.256 e.